The van der Waals surface area contributed by atoms with E-state index in [1.807, 2.05) is 0 Å². The monoisotopic (exact) mass is 266 g/mol. The van der Waals surface area contributed by atoms with Crippen molar-refractivity contribution in [3.8, 4) is 0 Å². The Kier molecular flexibility index (Phi) is 5.70. The molecule has 0 unspecified atom stereocenters. The van der Waals surface area contributed by atoms with E-state index in [2.05, 4.69) is 18.7 Å². The lowest BCUT2D eigenvalue weighted by Crippen LogP contribution is -2.48. The number of hydrogen-bond donors (Lipinski definition) is 1. The van der Waals surface area contributed by atoms with Crippen LogP contribution in [0.1, 0.15) is 84.5 Å². The molecule has 2 saturated carbocycles. The molecule has 0 amide bonds. The molecule has 2 fully saturated rings. The van der Waals surface area contributed by atoms with Gasteiger partial charge in [0.15, 0.2) is 0 Å². The summed E-state index contributed by atoms with van der Waals surface area (Å²) in [4.78, 5) is 2.87. The second-order valence-corrected chi connectivity index (χ2v) is 7.56. The molecule has 0 heterocycles. The molecule has 2 heteroatoms. The van der Waals surface area contributed by atoms with Crippen LogP contribution in [0.2, 0.25) is 0 Å². The minimum Gasteiger partial charge on any atom is -0.326 e. The average Bonchev–Trinajstić information content (AvgIpc) is 2.40. The van der Waals surface area contributed by atoms with Crippen LogP contribution in [0.4, 0.5) is 0 Å². The van der Waals surface area contributed by atoms with E-state index in [4.69, 9.17) is 5.73 Å². The van der Waals surface area contributed by atoms with E-state index < -0.39 is 0 Å². The standard InChI is InChI=1S/C17H34N2/c1-17(2,18)13-14-19(15-9-5-3-6-10-15)16-11-7-4-8-12-16/h15-16H,3-14,18H2,1-2H3. The molecule has 2 N–H and O–H groups in total. The molecule has 0 aromatic rings. The van der Waals surface area contributed by atoms with Gasteiger partial charge < -0.3 is 5.73 Å². The minimum absolute atomic E-state index is 0.0123. The van der Waals surface area contributed by atoms with E-state index in [1.165, 1.54) is 70.8 Å². The van der Waals surface area contributed by atoms with Crippen molar-refractivity contribution in [2.75, 3.05) is 6.54 Å². The van der Waals surface area contributed by atoms with Crippen LogP contribution in [0.15, 0.2) is 0 Å². The molecular weight excluding hydrogens is 232 g/mol. The smallest absolute Gasteiger partial charge is 0.0109 e. The Bertz CT molecular complexity index is 226. The van der Waals surface area contributed by atoms with Crippen LogP contribution in [0.25, 0.3) is 0 Å². The zero-order valence-corrected chi connectivity index (χ0v) is 13.2. The molecule has 0 saturated heterocycles. The lowest BCUT2D eigenvalue weighted by molar-refractivity contribution is 0.0741. The van der Waals surface area contributed by atoms with Crippen LogP contribution in [0.5, 0.6) is 0 Å². The number of nitrogens with two attached hydrogens (primary N) is 1. The number of hydrogen-bond acceptors (Lipinski definition) is 2. The van der Waals surface area contributed by atoms with Crippen molar-refractivity contribution in [2.24, 2.45) is 5.73 Å². The lowest BCUT2D eigenvalue weighted by Gasteiger charge is -2.42. The molecule has 2 aliphatic rings. The van der Waals surface area contributed by atoms with Crippen molar-refractivity contribution in [2.45, 2.75) is 102 Å². The van der Waals surface area contributed by atoms with Gasteiger partial charge in [-0.25, -0.2) is 0 Å². The Balaban J connectivity index is 1.94. The van der Waals surface area contributed by atoms with Gasteiger partial charge in [0.1, 0.15) is 0 Å². The van der Waals surface area contributed by atoms with Crippen LogP contribution in [-0.2, 0) is 0 Å². The second kappa shape index (κ2) is 7.08. The Labute approximate surface area is 120 Å². The number of nitrogens with zero attached hydrogens (tertiary/aromatic N) is 1. The summed E-state index contributed by atoms with van der Waals surface area (Å²) in [6.07, 6.45) is 15.6. The molecule has 0 aliphatic heterocycles. The predicted octanol–water partition coefficient (Wildman–Crippen LogP) is 4.08. The summed E-state index contributed by atoms with van der Waals surface area (Å²) in [6, 6.07) is 1.72. The maximum absolute atomic E-state index is 6.22. The largest absolute Gasteiger partial charge is 0.326 e. The van der Waals surface area contributed by atoms with Crippen LogP contribution in [-0.4, -0.2) is 29.1 Å². The Morgan fingerprint density at radius 3 is 1.63 bits per heavy atom. The SMILES string of the molecule is CC(C)(N)CCN(C1CCCCC1)C1CCCCC1. The van der Waals surface area contributed by atoms with Crippen LogP contribution in [0, 0.1) is 0 Å². The fourth-order valence-corrected chi connectivity index (χ4v) is 3.91. The fourth-order valence-electron chi connectivity index (χ4n) is 3.91. The molecule has 0 atom stereocenters. The fraction of sp³-hybridized carbons (Fsp3) is 1.00. The summed E-state index contributed by atoms with van der Waals surface area (Å²) in [5, 5.41) is 0. The maximum Gasteiger partial charge on any atom is 0.0109 e. The van der Waals surface area contributed by atoms with Gasteiger partial charge in [-0.05, 0) is 46.0 Å². The van der Waals surface area contributed by atoms with Gasteiger partial charge in [-0.15, -0.1) is 0 Å². The van der Waals surface area contributed by atoms with Gasteiger partial charge in [0, 0.05) is 24.2 Å². The molecule has 0 bridgehead atoms. The van der Waals surface area contributed by atoms with E-state index in [9.17, 15) is 0 Å². The van der Waals surface area contributed by atoms with Crippen molar-refractivity contribution in [3.63, 3.8) is 0 Å². The Morgan fingerprint density at radius 1 is 0.842 bits per heavy atom. The Morgan fingerprint density at radius 2 is 1.26 bits per heavy atom. The maximum atomic E-state index is 6.22. The number of rotatable bonds is 5. The lowest BCUT2D eigenvalue weighted by atomic mass is 9.88. The van der Waals surface area contributed by atoms with E-state index in [0.717, 1.165) is 18.5 Å². The zero-order chi connectivity index (χ0) is 13.7. The van der Waals surface area contributed by atoms with Crippen molar-refractivity contribution >= 4 is 0 Å². The third kappa shape index (κ3) is 5.07. The first-order chi connectivity index (χ1) is 9.06. The van der Waals surface area contributed by atoms with Gasteiger partial charge in [-0.3, -0.25) is 4.90 Å². The summed E-state index contributed by atoms with van der Waals surface area (Å²) in [5.41, 5.74) is 6.20. The van der Waals surface area contributed by atoms with Gasteiger partial charge >= 0.3 is 0 Å². The normalized spacial score (nSPS) is 24.0. The van der Waals surface area contributed by atoms with E-state index in [0.29, 0.717) is 0 Å². The van der Waals surface area contributed by atoms with Crippen molar-refractivity contribution in [1.82, 2.24) is 4.90 Å². The van der Waals surface area contributed by atoms with Gasteiger partial charge in [0.25, 0.3) is 0 Å². The van der Waals surface area contributed by atoms with Gasteiger partial charge in [-0.2, -0.15) is 0 Å². The summed E-state index contributed by atoms with van der Waals surface area (Å²) in [6.45, 7) is 5.57. The third-order valence-electron chi connectivity index (χ3n) is 5.10. The summed E-state index contributed by atoms with van der Waals surface area (Å²) >= 11 is 0. The van der Waals surface area contributed by atoms with E-state index >= 15 is 0 Å². The van der Waals surface area contributed by atoms with Crippen LogP contribution in [0.3, 0.4) is 0 Å². The molecule has 0 aromatic carbocycles. The van der Waals surface area contributed by atoms with E-state index in [-0.39, 0.29) is 5.54 Å². The first kappa shape index (κ1) is 15.3. The van der Waals surface area contributed by atoms with Gasteiger partial charge in [-0.1, -0.05) is 38.5 Å². The highest BCUT2D eigenvalue weighted by Gasteiger charge is 2.29. The predicted molar refractivity (Wildman–Crippen MR) is 83.3 cm³/mol. The highest BCUT2D eigenvalue weighted by Crippen LogP contribution is 2.30. The molecule has 2 rings (SSSR count). The van der Waals surface area contributed by atoms with Crippen LogP contribution < -0.4 is 5.73 Å². The van der Waals surface area contributed by atoms with E-state index in [1.54, 1.807) is 0 Å². The summed E-state index contributed by atoms with van der Waals surface area (Å²) in [5.74, 6) is 0. The molecule has 2 nitrogen and oxygen atoms in total. The zero-order valence-electron chi connectivity index (χ0n) is 13.2. The van der Waals surface area contributed by atoms with Crippen molar-refractivity contribution < 1.29 is 0 Å². The average molecular weight is 266 g/mol. The molecule has 19 heavy (non-hydrogen) atoms. The van der Waals surface area contributed by atoms with Crippen molar-refractivity contribution in [1.29, 1.82) is 0 Å². The van der Waals surface area contributed by atoms with Crippen LogP contribution >= 0.6 is 0 Å². The highest BCUT2D eigenvalue weighted by atomic mass is 15.2. The van der Waals surface area contributed by atoms with Crippen molar-refractivity contribution in [3.05, 3.63) is 0 Å². The quantitative estimate of drug-likeness (QED) is 0.812. The molecule has 112 valence electrons. The third-order valence-corrected chi connectivity index (χ3v) is 5.10. The molecule has 0 aromatic heterocycles. The first-order valence-electron chi connectivity index (χ1n) is 8.61. The summed E-state index contributed by atoms with van der Waals surface area (Å²) in [7, 11) is 0. The first-order valence-corrected chi connectivity index (χ1v) is 8.61. The second-order valence-electron chi connectivity index (χ2n) is 7.56. The van der Waals surface area contributed by atoms with Gasteiger partial charge in [0.2, 0.25) is 0 Å². The molecule has 2 aliphatic carbocycles. The molecule has 0 radical (unpaired) electrons. The highest BCUT2D eigenvalue weighted by molar-refractivity contribution is 4.85. The molecular formula is C17H34N2. The van der Waals surface area contributed by atoms with Gasteiger partial charge in [0.05, 0.1) is 0 Å². The minimum atomic E-state index is -0.0123. The Hall–Kier alpha value is -0.0800. The summed E-state index contributed by atoms with van der Waals surface area (Å²) < 4.78 is 0. The topological polar surface area (TPSA) is 29.3 Å². The molecule has 0 spiro atoms.